The maximum absolute atomic E-state index is 13.8. The zero-order chi connectivity index (χ0) is 25.6. The fraction of sp³-hybridized carbons (Fsp3) is 0.250. The van der Waals surface area contributed by atoms with E-state index in [-0.39, 0.29) is 11.8 Å². The number of carbonyl (C=O) groups is 2. The lowest BCUT2D eigenvalue weighted by molar-refractivity contribution is -0.150. The van der Waals surface area contributed by atoms with E-state index in [0.717, 1.165) is 45.9 Å². The second-order valence-electron chi connectivity index (χ2n) is 9.78. The van der Waals surface area contributed by atoms with Crippen LogP contribution in [0.1, 0.15) is 30.4 Å². The molecule has 5 heteroatoms. The minimum absolute atomic E-state index is 0.0300. The van der Waals surface area contributed by atoms with Crippen LogP contribution in [0.2, 0.25) is 0 Å². The Kier molecular flexibility index (Phi) is 7.62. The molecular weight excluding hydrogens is 458 g/mol. The van der Waals surface area contributed by atoms with Crippen LogP contribution in [0.15, 0.2) is 97.1 Å². The zero-order valence-electron chi connectivity index (χ0n) is 21.0. The zero-order valence-corrected chi connectivity index (χ0v) is 21.0. The highest BCUT2D eigenvalue weighted by molar-refractivity contribution is 5.97. The first-order chi connectivity index (χ1) is 18.1. The summed E-state index contributed by atoms with van der Waals surface area (Å²) in [5.74, 6) is -0.110. The molecular formula is C32H33N3O2. The van der Waals surface area contributed by atoms with Crippen LogP contribution in [-0.4, -0.2) is 35.3 Å². The summed E-state index contributed by atoms with van der Waals surface area (Å²) in [7, 11) is 0. The number of piperazine rings is 1. The van der Waals surface area contributed by atoms with Crippen molar-refractivity contribution in [1.82, 2.24) is 10.2 Å². The molecule has 1 heterocycles. The summed E-state index contributed by atoms with van der Waals surface area (Å²) in [6, 6.07) is 31.8. The van der Waals surface area contributed by atoms with Crippen LogP contribution in [0, 0.1) is 0 Å². The molecule has 2 atom stereocenters. The van der Waals surface area contributed by atoms with Gasteiger partial charge in [0.05, 0.1) is 0 Å². The van der Waals surface area contributed by atoms with Gasteiger partial charge in [-0.25, -0.2) is 0 Å². The number of carbonyl (C=O) groups excluding carboxylic acids is 2. The van der Waals surface area contributed by atoms with Gasteiger partial charge in [-0.1, -0.05) is 97.1 Å². The van der Waals surface area contributed by atoms with Gasteiger partial charge in [0, 0.05) is 13.0 Å². The Morgan fingerprint density at radius 3 is 2.16 bits per heavy atom. The van der Waals surface area contributed by atoms with Gasteiger partial charge < -0.3 is 16.0 Å². The van der Waals surface area contributed by atoms with E-state index in [0.29, 0.717) is 25.9 Å². The first-order valence-corrected chi connectivity index (χ1v) is 13.1. The molecule has 5 rings (SSSR count). The number of amides is 2. The van der Waals surface area contributed by atoms with Crippen molar-refractivity contribution in [3.05, 3.63) is 108 Å². The van der Waals surface area contributed by atoms with Crippen molar-refractivity contribution in [3.8, 4) is 11.1 Å². The molecule has 37 heavy (non-hydrogen) atoms. The van der Waals surface area contributed by atoms with E-state index in [1.165, 1.54) is 0 Å². The van der Waals surface area contributed by atoms with Gasteiger partial charge >= 0.3 is 0 Å². The highest BCUT2D eigenvalue weighted by atomic mass is 16.2. The topological polar surface area (TPSA) is 75.4 Å². The summed E-state index contributed by atoms with van der Waals surface area (Å²) in [5, 5.41) is 5.31. The Balaban J connectivity index is 1.36. The number of nitrogens with two attached hydrogens (primary N) is 1. The molecule has 3 N–H and O–H groups in total. The fourth-order valence-electron chi connectivity index (χ4n) is 5.15. The van der Waals surface area contributed by atoms with Gasteiger partial charge in [0.2, 0.25) is 11.8 Å². The molecule has 0 aromatic heterocycles. The molecule has 0 spiro atoms. The van der Waals surface area contributed by atoms with Crippen molar-refractivity contribution in [3.63, 3.8) is 0 Å². The standard InChI is InChI=1S/C32H33N3O2/c33-19-7-6-12-30-31(36)34-29(21-24-15-18-26-10-4-5-11-28(26)20-24)32(37)35(30)22-23-13-16-27(17-14-23)25-8-2-1-3-9-25/h1-5,8-11,13-18,20,29-30H,6-7,12,19,21-22,33H2,(H,34,36)/t29-,30-/m0/s1. The van der Waals surface area contributed by atoms with Crippen molar-refractivity contribution in [1.29, 1.82) is 0 Å². The summed E-state index contributed by atoms with van der Waals surface area (Å²) in [4.78, 5) is 28.8. The van der Waals surface area contributed by atoms with E-state index in [1.54, 1.807) is 4.90 Å². The molecule has 188 valence electrons. The summed E-state index contributed by atoms with van der Waals surface area (Å²) in [5.41, 5.74) is 10.0. The predicted molar refractivity (Wildman–Crippen MR) is 149 cm³/mol. The van der Waals surface area contributed by atoms with Crippen molar-refractivity contribution < 1.29 is 9.59 Å². The van der Waals surface area contributed by atoms with Crippen LogP contribution in [0.4, 0.5) is 0 Å². The van der Waals surface area contributed by atoms with E-state index < -0.39 is 12.1 Å². The SMILES string of the molecule is NCCCC[C@H]1C(=O)N[C@@H](Cc2ccc3ccccc3c2)C(=O)N1Cc1ccc(-c2ccccc2)cc1. The minimum Gasteiger partial charge on any atom is -0.342 e. The Bertz CT molecular complexity index is 1370. The average molecular weight is 492 g/mol. The van der Waals surface area contributed by atoms with Gasteiger partial charge in [-0.15, -0.1) is 0 Å². The Morgan fingerprint density at radius 2 is 1.41 bits per heavy atom. The third-order valence-electron chi connectivity index (χ3n) is 7.18. The number of unbranched alkanes of at least 4 members (excludes halogenated alkanes) is 1. The Morgan fingerprint density at radius 1 is 0.730 bits per heavy atom. The summed E-state index contributed by atoms with van der Waals surface area (Å²) < 4.78 is 0. The number of fused-ring (bicyclic) bond motifs is 1. The monoisotopic (exact) mass is 491 g/mol. The Labute approximate surface area is 218 Å². The van der Waals surface area contributed by atoms with Crippen molar-refractivity contribution >= 4 is 22.6 Å². The highest BCUT2D eigenvalue weighted by Crippen LogP contribution is 2.24. The predicted octanol–water partition coefficient (Wildman–Crippen LogP) is 5.07. The smallest absolute Gasteiger partial charge is 0.246 e. The first-order valence-electron chi connectivity index (χ1n) is 13.1. The molecule has 4 aromatic carbocycles. The number of nitrogens with zero attached hydrogens (tertiary/aromatic N) is 1. The van der Waals surface area contributed by atoms with E-state index in [4.69, 9.17) is 5.73 Å². The van der Waals surface area contributed by atoms with Gasteiger partial charge in [0.25, 0.3) is 0 Å². The molecule has 0 bridgehead atoms. The molecule has 5 nitrogen and oxygen atoms in total. The van der Waals surface area contributed by atoms with Crippen LogP contribution in [-0.2, 0) is 22.6 Å². The molecule has 1 saturated heterocycles. The van der Waals surface area contributed by atoms with Gasteiger partial charge in [-0.2, -0.15) is 0 Å². The van der Waals surface area contributed by atoms with E-state index >= 15 is 0 Å². The summed E-state index contributed by atoms with van der Waals surface area (Å²) in [6.07, 6.45) is 2.71. The van der Waals surface area contributed by atoms with Crippen molar-refractivity contribution in [2.24, 2.45) is 5.73 Å². The van der Waals surface area contributed by atoms with Gasteiger partial charge in [-0.05, 0) is 58.8 Å². The van der Waals surface area contributed by atoms with Gasteiger partial charge in [-0.3, -0.25) is 9.59 Å². The summed E-state index contributed by atoms with van der Waals surface area (Å²) >= 11 is 0. The number of rotatable bonds is 9. The molecule has 1 fully saturated rings. The molecule has 1 aliphatic heterocycles. The molecule has 0 saturated carbocycles. The lowest BCUT2D eigenvalue weighted by Gasteiger charge is -2.39. The van der Waals surface area contributed by atoms with Gasteiger partial charge in [0.15, 0.2) is 0 Å². The fourth-order valence-corrected chi connectivity index (χ4v) is 5.15. The molecule has 4 aromatic rings. The van der Waals surface area contributed by atoms with Gasteiger partial charge in [0.1, 0.15) is 12.1 Å². The largest absolute Gasteiger partial charge is 0.342 e. The van der Waals surface area contributed by atoms with Crippen LogP contribution >= 0.6 is 0 Å². The Hall–Kier alpha value is -3.96. The lowest BCUT2D eigenvalue weighted by Crippen LogP contribution is -2.63. The molecule has 0 radical (unpaired) electrons. The highest BCUT2D eigenvalue weighted by Gasteiger charge is 2.40. The molecule has 1 aliphatic rings. The quantitative estimate of drug-likeness (QED) is 0.321. The van der Waals surface area contributed by atoms with E-state index in [9.17, 15) is 9.59 Å². The van der Waals surface area contributed by atoms with Crippen LogP contribution in [0.5, 0.6) is 0 Å². The maximum Gasteiger partial charge on any atom is 0.246 e. The van der Waals surface area contributed by atoms with Crippen molar-refractivity contribution in [2.45, 2.75) is 44.3 Å². The number of hydrogen-bond acceptors (Lipinski definition) is 3. The summed E-state index contributed by atoms with van der Waals surface area (Å²) in [6.45, 7) is 0.983. The maximum atomic E-state index is 13.8. The normalized spacial score (nSPS) is 17.7. The van der Waals surface area contributed by atoms with Crippen LogP contribution in [0.25, 0.3) is 21.9 Å². The number of nitrogens with one attached hydrogen (secondary N) is 1. The molecule has 2 amide bonds. The average Bonchev–Trinajstić information content (AvgIpc) is 2.94. The third kappa shape index (κ3) is 5.73. The lowest BCUT2D eigenvalue weighted by atomic mass is 9.95. The number of benzene rings is 4. The minimum atomic E-state index is -0.581. The molecule has 0 aliphatic carbocycles. The second kappa shape index (κ2) is 11.4. The number of hydrogen-bond donors (Lipinski definition) is 2. The molecule has 0 unspecified atom stereocenters. The van der Waals surface area contributed by atoms with E-state index in [2.05, 4.69) is 66.0 Å². The van der Waals surface area contributed by atoms with Crippen molar-refractivity contribution in [2.75, 3.05) is 6.54 Å². The van der Waals surface area contributed by atoms with Crippen LogP contribution in [0.3, 0.4) is 0 Å². The second-order valence-corrected chi connectivity index (χ2v) is 9.78. The van der Waals surface area contributed by atoms with E-state index in [1.807, 2.05) is 36.4 Å². The third-order valence-corrected chi connectivity index (χ3v) is 7.18. The van der Waals surface area contributed by atoms with Crippen LogP contribution < -0.4 is 11.1 Å². The first kappa shape index (κ1) is 24.7.